The SMILES string of the molecule is CS(=O)(=O)N1CC2CCC(C1)N(C(=O)c1cccc(C(F)(F)F)c1)C2. The van der Waals surface area contributed by atoms with Gasteiger partial charge in [-0.2, -0.15) is 17.5 Å². The van der Waals surface area contributed by atoms with Gasteiger partial charge in [-0.15, -0.1) is 0 Å². The molecule has 9 heteroatoms. The Bertz CT molecular complexity index is 779. The molecule has 3 saturated heterocycles. The van der Waals surface area contributed by atoms with Crippen molar-refractivity contribution in [2.24, 2.45) is 5.92 Å². The highest BCUT2D eigenvalue weighted by Gasteiger charge is 2.40. The summed E-state index contributed by atoms with van der Waals surface area (Å²) in [5, 5.41) is 0. The summed E-state index contributed by atoms with van der Waals surface area (Å²) in [6.07, 6.45) is -1.91. The van der Waals surface area contributed by atoms with Crippen molar-refractivity contribution in [3.63, 3.8) is 0 Å². The molecule has 0 aliphatic carbocycles. The Morgan fingerprint density at radius 1 is 1.16 bits per heavy atom. The van der Waals surface area contributed by atoms with Gasteiger partial charge in [-0.3, -0.25) is 4.79 Å². The van der Waals surface area contributed by atoms with Gasteiger partial charge in [-0.25, -0.2) is 8.42 Å². The summed E-state index contributed by atoms with van der Waals surface area (Å²) in [7, 11) is -3.37. The lowest BCUT2D eigenvalue weighted by atomic mass is 9.94. The normalized spacial score (nSPS) is 25.0. The second-order valence-corrected chi connectivity index (χ2v) is 8.70. The van der Waals surface area contributed by atoms with Crippen molar-refractivity contribution < 1.29 is 26.4 Å². The molecule has 25 heavy (non-hydrogen) atoms. The molecular formula is C16H19F3N2O3S. The highest BCUT2D eigenvalue weighted by molar-refractivity contribution is 7.88. The molecular weight excluding hydrogens is 357 g/mol. The van der Waals surface area contributed by atoms with Gasteiger partial charge < -0.3 is 4.90 Å². The molecule has 0 spiro atoms. The Morgan fingerprint density at radius 2 is 1.88 bits per heavy atom. The Balaban J connectivity index is 1.86. The molecule has 2 bridgehead atoms. The fraction of sp³-hybridized carbons (Fsp3) is 0.562. The van der Waals surface area contributed by atoms with Crippen molar-refractivity contribution in [2.75, 3.05) is 25.9 Å². The van der Waals surface area contributed by atoms with Gasteiger partial charge in [0.15, 0.2) is 0 Å². The summed E-state index contributed by atoms with van der Waals surface area (Å²) in [5.74, 6) is -0.473. The van der Waals surface area contributed by atoms with Crippen molar-refractivity contribution in [2.45, 2.75) is 25.1 Å². The van der Waals surface area contributed by atoms with Gasteiger partial charge in [0.05, 0.1) is 11.8 Å². The second kappa shape index (κ2) is 6.28. The average Bonchev–Trinajstić information content (AvgIpc) is 2.85. The Hall–Kier alpha value is -1.61. The summed E-state index contributed by atoms with van der Waals surface area (Å²) >= 11 is 0. The Kier molecular flexibility index (Phi) is 4.57. The second-order valence-electron chi connectivity index (χ2n) is 6.71. The topological polar surface area (TPSA) is 57.7 Å². The van der Waals surface area contributed by atoms with Crippen LogP contribution in [0.4, 0.5) is 13.2 Å². The fourth-order valence-corrected chi connectivity index (χ4v) is 4.48. The van der Waals surface area contributed by atoms with E-state index in [-0.39, 0.29) is 24.1 Å². The summed E-state index contributed by atoms with van der Waals surface area (Å²) in [5.41, 5.74) is -0.885. The number of sulfonamides is 1. The predicted octanol–water partition coefficient (Wildman–Crippen LogP) is 2.20. The van der Waals surface area contributed by atoms with Crippen LogP contribution >= 0.6 is 0 Å². The van der Waals surface area contributed by atoms with Crippen LogP contribution in [0.15, 0.2) is 24.3 Å². The van der Waals surface area contributed by atoms with Crippen LogP contribution in [-0.2, 0) is 16.2 Å². The van der Waals surface area contributed by atoms with Crippen LogP contribution in [0.25, 0.3) is 0 Å². The molecule has 3 aliphatic heterocycles. The first-order valence-corrected chi connectivity index (χ1v) is 9.84. The van der Waals surface area contributed by atoms with E-state index in [9.17, 15) is 26.4 Å². The van der Waals surface area contributed by atoms with Crippen molar-refractivity contribution >= 4 is 15.9 Å². The molecule has 3 aliphatic rings. The number of alkyl halides is 3. The average molecular weight is 376 g/mol. The Morgan fingerprint density at radius 3 is 2.52 bits per heavy atom. The summed E-state index contributed by atoms with van der Waals surface area (Å²) < 4.78 is 63.7. The van der Waals surface area contributed by atoms with Crippen LogP contribution < -0.4 is 0 Å². The number of nitrogens with zero attached hydrogens (tertiary/aromatic N) is 2. The number of fused-ring (bicyclic) bond motifs is 4. The molecule has 3 fully saturated rings. The fourth-order valence-electron chi connectivity index (χ4n) is 3.55. The van der Waals surface area contributed by atoms with Crippen molar-refractivity contribution in [3.8, 4) is 0 Å². The van der Waals surface area contributed by atoms with Crippen molar-refractivity contribution in [3.05, 3.63) is 35.4 Å². The van der Waals surface area contributed by atoms with E-state index < -0.39 is 27.7 Å². The highest BCUT2D eigenvalue weighted by atomic mass is 32.2. The Labute approximate surface area is 144 Å². The largest absolute Gasteiger partial charge is 0.416 e. The van der Waals surface area contributed by atoms with Gasteiger partial charge in [0.1, 0.15) is 0 Å². The molecule has 1 aromatic rings. The minimum Gasteiger partial charge on any atom is -0.334 e. The third kappa shape index (κ3) is 3.82. The van der Waals surface area contributed by atoms with Crippen LogP contribution in [-0.4, -0.2) is 55.5 Å². The number of hydrogen-bond acceptors (Lipinski definition) is 3. The lowest BCUT2D eigenvalue weighted by Crippen LogP contribution is -2.47. The monoisotopic (exact) mass is 376 g/mol. The number of piperidine rings is 1. The van der Waals surface area contributed by atoms with Gasteiger partial charge in [0.25, 0.3) is 5.91 Å². The third-order valence-corrected chi connectivity index (χ3v) is 6.08. The van der Waals surface area contributed by atoms with Crippen molar-refractivity contribution in [1.29, 1.82) is 0 Å². The van der Waals surface area contributed by atoms with Crippen LogP contribution in [0.5, 0.6) is 0 Å². The number of amides is 1. The van der Waals surface area contributed by atoms with Crippen LogP contribution in [0, 0.1) is 5.92 Å². The van der Waals surface area contributed by atoms with Crippen molar-refractivity contribution in [1.82, 2.24) is 9.21 Å². The molecule has 1 amide bonds. The lowest BCUT2D eigenvalue weighted by Gasteiger charge is -2.36. The molecule has 138 valence electrons. The maximum absolute atomic E-state index is 12.9. The zero-order chi connectivity index (χ0) is 18.4. The van der Waals surface area contributed by atoms with E-state index in [1.54, 1.807) is 0 Å². The number of halogens is 3. The minimum absolute atomic E-state index is 0.00298. The first-order valence-electron chi connectivity index (χ1n) is 7.99. The predicted molar refractivity (Wildman–Crippen MR) is 85.4 cm³/mol. The molecule has 2 atom stereocenters. The zero-order valence-electron chi connectivity index (χ0n) is 13.7. The summed E-state index contributed by atoms with van der Waals surface area (Å²) in [6, 6.07) is 4.06. The molecule has 0 radical (unpaired) electrons. The van der Waals surface area contributed by atoms with E-state index in [2.05, 4.69) is 0 Å². The van der Waals surface area contributed by atoms with Gasteiger partial charge in [0, 0.05) is 31.2 Å². The molecule has 5 nitrogen and oxygen atoms in total. The van der Waals surface area contributed by atoms with E-state index in [4.69, 9.17) is 0 Å². The molecule has 4 rings (SSSR count). The molecule has 2 unspecified atom stereocenters. The van der Waals surface area contributed by atoms with Gasteiger partial charge in [0.2, 0.25) is 10.0 Å². The standard InChI is InChI=1S/C16H19F3N2O3S/c1-25(23,24)20-8-11-5-6-14(10-20)21(9-11)15(22)12-3-2-4-13(7-12)16(17,18)19/h2-4,7,11,14H,5-6,8-10H2,1H3. The first-order chi connectivity index (χ1) is 11.6. The number of hydrogen-bond donors (Lipinski definition) is 0. The van der Waals surface area contributed by atoms with E-state index >= 15 is 0 Å². The molecule has 0 N–H and O–H groups in total. The number of rotatable bonds is 2. The molecule has 0 aromatic heterocycles. The van der Waals surface area contributed by atoms with Gasteiger partial charge in [-0.05, 0) is 37.0 Å². The highest BCUT2D eigenvalue weighted by Crippen LogP contribution is 2.32. The van der Waals surface area contributed by atoms with E-state index in [1.165, 1.54) is 21.3 Å². The maximum Gasteiger partial charge on any atom is 0.416 e. The van der Waals surface area contributed by atoms with E-state index in [0.717, 1.165) is 24.8 Å². The minimum atomic E-state index is -4.51. The zero-order valence-corrected chi connectivity index (χ0v) is 14.5. The number of carbonyl (C=O) groups excluding carboxylic acids is 1. The maximum atomic E-state index is 12.9. The third-order valence-electron chi connectivity index (χ3n) is 4.85. The van der Waals surface area contributed by atoms with Crippen LogP contribution in [0.1, 0.15) is 28.8 Å². The van der Waals surface area contributed by atoms with Gasteiger partial charge >= 0.3 is 6.18 Å². The number of benzene rings is 1. The van der Waals surface area contributed by atoms with Crippen LogP contribution in [0.3, 0.4) is 0 Å². The van der Waals surface area contributed by atoms with Crippen LogP contribution in [0.2, 0.25) is 0 Å². The molecule has 0 saturated carbocycles. The summed E-state index contributed by atoms with van der Waals surface area (Å²) in [6.45, 7) is 0.910. The quantitative estimate of drug-likeness (QED) is 0.795. The lowest BCUT2D eigenvalue weighted by molar-refractivity contribution is -0.137. The smallest absolute Gasteiger partial charge is 0.334 e. The van der Waals surface area contributed by atoms with Gasteiger partial charge in [-0.1, -0.05) is 6.07 Å². The van der Waals surface area contributed by atoms with E-state index in [0.29, 0.717) is 19.5 Å². The molecule has 3 heterocycles. The molecule has 1 aromatic carbocycles. The first kappa shape index (κ1) is 18.2. The number of carbonyl (C=O) groups is 1. The van der Waals surface area contributed by atoms with E-state index in [1.807, 2.05) is 0 Å². The summed E-state index contributed by atoms with van der Waals surface area (Å²) in [4.78, 5) is 14.3.